The zero-order chi connectivity index (χ0) is 11.4. The molecule has 84 valence electrons. The van der Waals surface area contributed by atoms with E-state index in [1.807, 2.05) is 0 Å². The van der Waals surface area contributed by atoms with Gasteiger partial charge < -0.3 is 0 Å². The highest BCUT2D eigenvalue weighted by Gasteiger charge is 2.65. The standard InChI is InChI=1S/C15H24/c1-7-15(6)9-8-11-13(14(11,4)5)12(15)10(2)3/h7,11-13H,1-2,8-9H2,3-6H3/t11-,12+,13+,15+/m1/s1. The highest BCUT2D eigenvalue weighted by Crippen LogP contribution is 2.71. The summed E-state index contributed by atoms with van der Waals surface area (Å²) in [4.78, 5) is 0. The Morgan fingerprint density at radius 2 is 1.93 bits per heavy atom. The molecule has 0 aromatic carbocycles. The summed E-state index contributed by atoms with van der Waals surface area (Å²) in [5.74, 6) is 2.45. The second-order valence-corrected chi connectivity index (χ2v) is 6.53. The molecule has 0 aromatic heterocycles. The Balaban J connectivity index is 2.34. The molecule has 0 aromatic rings. The number of allylic oxidation sites excluding steroid dienone is 2. The first-order valence-electron chi connectivity index (χ1n) is 6.13. The van der Waals surface area contributed by atoms with E-state index in [9.17, 15) is 0 Å². The summed E-state index contributed by atoms with van der Waals surface area (Å²) in [6.07, 6.45) is 4.85. The third kappa shape index (κ3) is 1.33. The fraction of sp³-hybridized carbons (Fsp3) is 0.733. The lowest BCUT2D eigenvalue weighted by Gasteiger charge is -2.40. The second-order valence-electron chi connectivity index (χ2n) is 6.53. The highest BCUT2D eigenvalue weighted by atomic mass is 14.7. The molecule has 2 fully saturated rings. The maximum absolute atomic E-state index is 4.22. The average molecular weight is 204 g/mol. The van der Waals surface area contributed by atoms with Crippen LogP contribution in [0.2, 0.25) is 0 Å². The zero-order valence-electron chi connectivity index (χ0n) is 10.6. The van der Waals surface area contributed by atoms with Crippen LogP contribution in [0.3, 0.4) is 0 Å². The van der Waals surface area contributed by atoms with Gasteiger partial charge in [-0.15, -0.1) is 6.58 Å². The van der Waals surface area contributed by atoms with E-state index < -0.39 is 0 Å². The molecule has 0 amide bonds. The average Bonchev–Trinajstić information content (AvgIpc) is 2.68. The number of hydrogen-bond donors (Lipinski definition) is 0. The molecule has 0 saturated heterocycles. The van der Waals surface area contributed by atoms with Crippen LogP contribution in [0.5, 0.6) is 0 Å². The van der Waals surface area contributed by atoms with E-state index >= 15 is 0 Å². The predicted molar refractivity (Wildman–Crippen MR) is 66.6 cm³/mol. The molecule has 0 aliphatic heterocycles. The highest BCUT2D eigenvalue weighted by molar-refractivity contribution is 5.24. The summed E-state index contributed by atoms with van der Waals surface area (Å²) in [5, 5.41) is 0. The summed E-state index contributed by atoms with van der Waals surface area (Å²) in [5.41, 5.74) is 2.20. The molecule has 2 saturated carbocycles. The first kappa shape index (κ1) is 11.0. The van der Waals surface area contributed by atoms with Gasteiger partial charge in [-0.25, -0.2) is 0 Å². The largest absolute Gasteiger partial charge is 0.103 e. The first-order chi connectivity index (χ1) is 6.84. The van der Waals surface area contributed by atoms with Crippen molar-refractivity contribution in [3.05, 3.63) is 24.8 Å². The third-order valence-corrected chi connectivity index (χ3v) is 5.20. The Morgan fingerprint density at radius 3 is 2.40 bits per heavy atom. The van der Waals surface area contributed by atoms with Crippen molar-refractivity contribution in [2.75, 3.05) is 0 Å². The van der Waals surface area contributed by atoms with Gasteiger partial charge in [0.2, 0.25) is 0 Å². The topological polar surface area (TPSA) is 0 Å². The molecule has 0 N–H and O–H groups in total. The van der Waals surface area contributed by atoms with Crippen LogP contribution in [-0.4, -0.2) is 0 Å². The SMILES string of the molecule is C=C[C@@]1(C)CC[C@@H]2[C@@H]([C@@H]1C(=C)C)C2(C)C. The van der Waals surface area contributed by atoms with Crippen LogP contribution in [0.4, 0.5) is 0 Å². The van der Waals surface area contributed by atoms with Crippen LogP contribution in [0.25, 0.3) is 0 Å². The summed E-state index contributed by atoms with van der Waals surface area (Å²) in [6.45, 7) is 17.7. The molecule has 0 radical (unpaired) electrons. The second kappa shape index (κ2) is 2.99. The molecule has 0 bridgehead atoms. The van der Waals surface area contributed by atoms with Gasteiger partial charge in [0.1, 0.15) is 0 Å². The normalized spacial score (nSPS) is 46.8. The first-order valence-corrected chi connectivity index (χ1v) is 6.13. The smallest absolute Gasteiger partial charge is 0.00809 e. The molecule has 0 spiro atoms. The number of fused-ring (bicyclic) bond motifs is 1. The molecule has 4 atom stereocenters. The quantitative estimate of drug-likeness (QED) is 0.583. The monoisotopic (exact) mass is 204 g/mol. The van der Waals surface area contributed by atoms with E-state index in [4.69, 9.17) is 0 Å². The lowest BCUT2D eigenvalue weighted by atomic mass is 9.65. The molecule has 2 aliphatic rings. The van der Waals surface area contributed by atoms with Crippen molar-refractivity contribution in [1.82, 2.24) is 0 Å². The third-order valence-electron chi connectivity index (χ3n) is 5.20. The maximum Gasteiger partial charge on any atom is -0.00809 e. The Morgan fingerprint density at radius 1 is 1.33 bits per heavy atom. The Kier molecular flexibility index (Phi) is 2.19. The van der Waals surface area contributed by atoms with Crippen LogP contribution in [0, 0.1) is 28.6 Å². The molecule has 2 aliphatic carbocycles. The van der Waals surface area contributed by atoms with Gasteiger partial charge in [-0.2, -0.15) is 0 Å². The fourth-order valence-corrected chi connectivity index (χ4v) is 4.13. The van der Waals surface area contributed by atoms with Gasteiger partial charge in [-0.05, 0) is 48.3 Å². The van der Waals surface area contributed by atoms with Gasteiger partial charge >= 0.3 is 0 Å². The van der Waals surface area contributed by atoms with Crippen molar-refractivity contribution < 1.29 is 0 Å². The van der Waals surface area contributed by atoms with Gasteiger partial charge in [0.25, 0.3) is 0 Å². The summed E-state index contributed by atoms with van der Waals surface area (Å²) >= 11 is 0. The van der Waals surface area contributed by atoms with Crippen LogP contribution in [0.15, 0.2) is 24.8 Å². The van der Waals surface area contributed by atoms with Crippen molar-refractivity contribution in [1.29, 1.82) is 0 Å². The van der Waals surface area contributed by atoms with Crippen LogP contribution in [0.1, 0.15) is 40.5 Å². The summed E-state index contributed by atoms with van der Waals surface area (Å²) < 4.78 is 0. The van der Waals surface area contributed by atoms with E-state index in [1.165, 1.54) is 18.4 Å². The fourth-order valence-electron chi connectivity index (χ4n) is 4.13. The molecule has 15 heavy (non-hydrogen) atoms. The van der Waals surface area contributed by atoms with Crippen molar-refractivity contribution in [3.8, 4) is 0 Å². The number of hydrogen-bond acceptors (Lipinski definition) is 0. The van der Waals surface area contributed by atoms with Crippen LogP contribution < -0.4 is 0 Å². The molecule has 0 nitrogen and oxygen atoms in total. The summed E-state index contributed by atoms with van der Waals surface area (Å²) in [7, 11) is 0. The van der Waals surface area contributed by atoms with Gasteiger partial charge in [-0.1, -0.05) is 39.0 Å². The molecular formula is C15H24. The van der Waals surface area contributed by atoms with Crippen molar-refractivity contribution in [2.45, 2.75) is 40.5 Å². The molecule has 2 rings (SSSR count). The van der Waals surface area contributed by atoms with E-state index in [0.29, 0.717) is 16.7 Å². The van der Waals surface area contributed by atoms with Gasteiger partial charge in [0, 0.05) is 0 Å². The van der Waals surface area contributed by atoms with Gasteiger partial charge in [0.15, 0.2) is 0 Å². The Bertz CT molecular complexity index is 310. The van der Waals surface area contributed by atoms with Crippen molar-refractivity contribution in [3.63, 3.8) is 0 Å². The summed E-state index contributed by atoms with van der Waals surface area (Å²) in [6, 6.07) is 0. The Hall–Kier alpha value is -0.520. The zero-order valence-corrected chi connectivity index (χ0v) is 10.6. The minimum atomic E-state index is 0.292. The van der Waals surface area contributed by atoms with E-state index in [-0.39, 0.29) is 0 Å². The molecular weight excluding hydrogens is 180 g/mol. The maximum atomic E-state index is 4.22. The van der Waals surface area contributed by atoms with E-state index in [1.54, 1.807) is 0 Å². The lowest BCUT2D eigenvalue weighted by Crippen LogP contribution is -2.31. The van der Waals surface area contributed by atoms with Crippen molar-refractivity contribution >= 4 is 0 Å². The Labute approximate surface area is 94.5 Å². The minimum absolute atomic E-state index is 0.292. The lowest BCUT2D eigenvalue weighted by molar-refractivity contribution is 0.187. The molecule has 0 unspecified atom stereocenters. The van der Waals surface area contributed by atoms with Crippen molar-refractivity contribution in [2.24, 2.45) is 28.6 Å². The van der Waals surface area contributed by atoms with Crippen LogP contribution >= 0.6 is 0 Å². The van der Waals surface area contributed by atoms with Gasteiger partial charge in [-0.3, -0.25) is 0 Å². The van der Waals surface area contributed by atoms with Gasteiger partial charge in [0.05, 0.1) is 0 Å². The predicted octanol–water partition coefficient (Wildman–Crippen LogP) is 4.44. The minimum Gasteiger partial charge on any atom is -0.103 e. The number of rotatable bonds is 2. The molecule has 0 heteroatoms. The van der Waals surface area contributed by atoms with E-state index in [0.717, 1.165) is 11.8 Å². The molecule has 0 heterocycles. The van der Waals surface area contributed by atoms with Crippen LogP contribution in [-0.2, 0) is 0 Å². The van der Waals surface area contributed by atoms with E-state index in [2.05, 4.69) is 46.9 Å².